The van der Waals surface area contributed by atoms with E-state index in [1.165, 1.54) is 0 Å². The van der Waals surface area contributed by atoms with Crippen LogP contribution >= 0.6 is 15.9 Å². The van der Waals surface area contributed by atoms with Crippen LogP contribution in [0.4, 0.5) is 0 Å². The zero-order valence-electron chi connectivity index (χ0n) is 12.4. The minimum atomic E-state index is 0.558. The number of halogens is 1. The van der Waals surface area contributed by atoms with Crippen LogP contribution in [-0.2, 0) is 13.0 Å². The number of imidazole rings is 1. The summed E-state index contributed by atoms with van der Waals surface area (Å²) in [4.78, 5) is 8.22. The molecule has 0 aliphatic carbocycles. The van der Waals surface area contributed by atoms with Gasteiger partial charge in [0.1, 0.15) is 5.82 Å². The number of hydrogen-bond donors (Lipinski definition) is 2. The van der Waals surface area contributed by atoms with Crippen molar-refractivity contribution in [3.63, 3.8) is 0 Å². The lowest BCUT2D eigenvalue weighted by Crippen LogP contribution is -1.95. The molecule has 1 aromatic heterocycles. The SMILES string of the molecule is CCc1nc(-c2ccc(CN)cc2)[nH]c1-c1ccc(Br)cc1. The Labute approximate surface area is 138 Å². The average Bonchev–Trinajstić information content (AvgIpc) is 3.00. The molecule has 0 radical (unpaired) electrons. The lowest BCUT2D eigenvalue weighted by atomic mass is 10.1. The van der Waals surface area contributed by atoms with Crippen LogP contribution < -0.4 is 5.73 Å². The van der Waals surface area contributed by atoms with Crippen LogP contribution in [0, 0.1) is 0 Å². The van der Waals surface area contributed by atoms with Crippen LogP contribution in [0.15, 0.2) is 53.0 Å². The lowest BCUT2D eigenvalue weighted by molar-refractivity contribution is 1.06. The lowest BCUT2D eigenvalue weighted by Gasteiger charge is -2.01. The number of aromatic nitrogens is 2. The van der Waals surface area contributed by atoms with Gasteiger partial charge in [-0.2, -0.15) is 0 Å². The van der Waals surface area contributed by atoms with E-state index in [9.17, 15) is 0 Å². The summed E-state index contributed by atoms with van der Waals surface area (Å²) in [6, 6.07) is 16.5. The molecule has 0 spiro atoms. The largest absolute Gasteiger partial charge is 0.338 e. The van der Waals surface area contributed by atoms with Crippen LogP contribution in [-0.4, -0.2) is 9.97 Å². The molecule has 0 fully saturated rings. The van der Waals surface area contributed by atoms with Crippen molar-refractivity contribution >= 4 is 15.9 Å². The topological polar surface area (TPSA) is 54.7 Å². The van der Waals surface area contributed by atoms with E-state index in [0.29, 0.717) is 6.54 Å². The molecule has 0 aliphatic heterocycles. The Balaban J connectivity index is 2.01. The third-order valence-electron chi connectivity index (χ3n) is 3.71. The van der Waals surface area contributed by atoms with Gasteiger partial charge in [-0.1, -0.05) is 59.3 Å². The maximum absolute atomic E-state index is 5.65. The Morgan fingerprint density at radius 3 is 2.23 bits per heavy atom. The summed E-state index contributed by atoms with van der Waals surface area (Å²) < 4.78 is 1.08. The summed E-state index contributed by atoms with van der Waals surface area (Å²) in [5, 5.41) is 0. The highest BCUT2D eigenvalue weighted by atomic mass is 79.9. The van der Waals surface area contributed by atoms with E-state index < -0.39 is 0 Å². The average molecular weight is 356 g/mol. The molecule has 0 saturated heterocycles. The Hall–Kier alpha value is -1.91. The van der Waals surface area contributed by atoms with Crippen LogP contribution in [0.2, 0.25) is 0 Å². The fourth-order valence-electron chi connectivity index (χ4n) is 2.46. The third kappa shape index (κ3) is 2.98. The predicted octanol–water partition coefficient (Wildman–Crippen LogP) is 4.53. The molecule has 0 saturated carbocycles. The second-order valence-corrected chi connectivity index (χ2v) is 6.08. The molecule has 3 N–H and O–H groups in total. The minimum Gasteiger partial charge on any atom is -0.338 e. The minimum absolute atomic E-state index is 0.558. The molecule has 0 bridgehead atoms. The standard InChI is InChI=1S/C18H18BrN3/c1-2-16-17(13-7-9-15(19)10-8-13)22-18(21-16)14-5-3-12(11-20)4-6-14/h3-10H,2,11,20H2,1H3,(H,21,22). The summed E-state index contributed by atoms with van der Waals surface area (Å²) in [5.74, 6) is 0.901. The van der Waals surface area contributed by atoms with Crippen molar-refractivity contribution in [2.45, 2.75) is 19.9 Å². The number of rotatable bonds is 4. The first kappa shape index (κ1) is 15.0. The maximum Gasteiger partial charge on any atom is 0.138 e. The van der Waals surface area contributed by atoms with Crippen molar-refractivity contribution in [2.75, 3.05) is 0 Å². The van der Waals surface area contributed by atoms with Gasteiger partial charge in [-0.05, 0) is 29.7 Å². The molecule has 1 heterocycles. The molecule has 0 unspecified atom stereocenters. The molecule has 2 aromatic carbocycles. The van der Waals surface area contributed by atoms with Gasteiger partial charge in [-0.15, -0.1) is 0 Å². The third-order valence-corrected chi connectivity index (χ3v) is 4.24. The highest BCUT2D eigenvalue weighted by Crippen LogP contribution is 2.27. The van der Waals surface area contributed by atoms with Gasteiger partial charge in [0.2, 0.25) is 0 Å². The van der Waals surface area contributed by atoms with Gasteiger partial charge in [0.05, 0.1) is 11.4 Å². The first-order valence-electron chi connectivity index (χ1n) is 7.35. The Bertz CT molecular complexity index is 758. The Morgan fingerprint density at radius 1 is 1.00 bits per heavy atom. The molecular formula is C18H18BrN3. The number of benzene rings is 2. The maximum atomic E-state index is 5.65. The molecule has 22 heavy (non-hydrogen) atoms. The van der Waals surface area contributed by atoms with Crippen molar-refractivity contribution < 1.29 is 0 Å². The number of H-pyrrole nitrogens is 1. The molecule has 4 heteroatoms. The highest BCUT2D eigenvalue weighted by Gasteiger charge is 2.12. The summed E-state index contributed by atoms with van der Waals surface area (Å²) in [6.07, 6.45) is 0.892. The number of nitrogens with two attached hydrogens (primary N) is 1. The summed E-state index contributed by atoms with van der Waals surface area (Å²) in [5.41, 5.74) is 11.2. The Kier molecular flexibility index (Phi) is 4.41. The summed E-state index contributed by atoms with van der Waals surface area (Å²) in [7, 11) is 0. The van der Waals surface area contributed by atoms with Crippen molar-refractivity contribution in [3.8, 4) is 22.6 Å². The molecule has 3 nitrogen and oxygen atoms in total. The zero-order valence-corrected chi connectivity index (χ0v) is 14.0. The first-order chi connectivity index (χ1) is 10.7. The van der Waals surface area contributed by atoms with E-state index in [2.05, 4.69) is 52.1 Å². The molecule has 3 aromatic rings. The number of aryl methyl sites for hydroxylation is 1. The van der Waals surface area contributed by atoms with E-state index in [1.54, 1.807) is 0 Å². The van der Waals surface area contributed by atoms with Crippen LogP contribution in [0.25, 0.3) is 22.6 Å². The fraction of sp³-hybridized carbons (Fsp3) is 0.167. The highest BCUT2D eigenvalue weighted by molar-refractivity contribution is 9.10. The smallest absolute Gasteiger partial charge is 0.138 e. The normalized spacial score (nSPS) is 10.9. The van der Waals surface area contributed by atoms with Gasteiger partial charge < -0.3 is 10.7 Å². The van der Waals surface area contributed by atoms with Gasteiger partial charge in [0, 0.05) is 16.6 Å². The molecule has 0 amide bonds. The number of nitrogens with one attached hydrogen (secondary N) is 1. The van der Waals surface area contributed by atoms with Crippen LogP contribution in [0.5, 0.6) is 0 Å². The van der Waals surface area contributed by atoms with E-state index in [4.69, 9.17) is 10.7 Å². The molecule has 0 atom stereocenters. The van der Waals surface area contributed by atoms with E-state index >= 15 is 0 Å². The van der Waals surface area contributed by atoms with Crippen molar-refractivity contribution in [3.05, 3.63) is 64.3 Å². The second-order valence-electron chi connectivity index (χ2n) is 5.17. The first-order valence-corrected chi connectivity index (χ1v) is 8.14. The number of hydrogen-bond acceptors (Lipinski definition) is 2. The van der Waals surface area contributed by atoms with Gasteiger partial charge in [0.15, 0.2) is 0 Å². The zero-order chi connectivity index (χ0) is 15.5. The predicted molar refractivity (Wildman–Crippen MR) is 94.4 cm³/mol. The Morgan fingerprint density at radius 2 is 1.64 bits per heavy atom. The van der Waals surface area contributed by atoms with Crippen molar-refractivity contribution in [1.29, 1.82) is 0 Å². The summed E-state index contributed by atoms with van der Waals surface area (Å²) >= 11 is 3.47. The van der Waals surface area contributed by atoms with Crippen LogP contribution in [0.1, 0.15) is 18.2 Å². The summed E-state index contributed by atoms with van der Waals surface area (Å²) in [6.45, 7) is 2.68. The molecule has 3 rings (SSSR count). The number of aromatic amines is 1. The van der Waals surface area contributed by atoms with E-state index in [0.717, 1.165) is 44.8 Å². The van der Waals surface area contributed by atoms with E-state index in [1.807, 2.05) is 24.3 Å². The quantitative estimate of drug-likeness (QED) is 0.722. The van der Waals surface area contributed by atoms with Gasteiger partial charge in [-0.25, -0.2) is 4.98 Å². The second kappa shape index (κ2) is 6.46. The monoisotopic (exact) mass is 355 g/mol. The van der Waals surface area contributed by atoms with Gasteiger partial charge in [-0.3, -0.25) is 0 Å². The molecule has 112 valence electrons. The number of nitrogens with zero attached hydrogens (tertiary/aromatic N) is 1. The van der Waals surface area contributed by atoms with E-state index in [-0.39, 0.29) is 0 Å². The van der Waals surface area contributed by atoms with Crippen LogP contribution in [0.3, 0.4) is 0 Å². The van der Waals surface area contributed by atoms with Crippen molar-refractivity contribution in [1.82, 2.24) is 9.97 Å². The fourth-order valence-corrected chi connectivity index (χ4v) is 2.72. The van der Waals surface area contributed by atoms with Gasteiger partial charge in [0.25, 0.3) is 0 Å². The van der Waals surface area contributed by atoms with Crippen molar-refractivity contribution in [2.24, 2.45) is 5.73 Å². The van der Waals surface area contributed by atoms with Gasteiger partial charge >= 0.3 is 0 Å². The molecule has 0 aliphatic rings. The molecular weight excluding hydrogens is 338 g/mol.